The summed E-state index contributed by atoms with van der Waals surface area (Å²) in [5.41, 5.74) is 2.17. The van der Waals surface area contributed by atoms with Gasteiger partial charge >= 0.3 is 0 Å². The van der Waals surface area contributed by atoms with Crippen molar-refractivity contribution in [3.63, 3.8) is 0 Å². The normalized spacial score (nSPS) is 14.9. The van der Waals surface area contributed by atoms with E-state index in [9.17, 15) is 8.22 Å². The number of fused-ring (bicyclic) bond motifs is 9. The van der Waals surface area contributed by atoms with E-state index in [-0.39, 0.29) is 102 Å². The lowest BCUT2D eigenvalue weighted by Crippen LogP contribution is -2.00. The topological polar surface area (TPSA) is 56.7 Å². The Labute approximate surface area is 385 Å². The summed E-state index contributed by atoms with van der Waals surface area (Å²) in [5.74, 6) is 0.511. The lowest BCUT2D eigenvalue weighted by molar-refractivity contribution is 0.668. The third-order valence-corrected chi connectivity index (χ3v) is 12.3. The van der Waals surface area contributed by atoms with Crippen LogP contribution in [0.4, 0.5) is 0 Å². The molecule has 13 rings (SSSR count). The maximum absolute atomic E-state index is 9.68. The zero-order valence-corrected chi connectivity index (χ0v) is 33.5. The molecule has 0 saturated carbocycles. The molecule has 9 aromatic carbocycles. The van der Waals surface area contributed by atoms with E-state index in [0.29, 0.717) is 11.1 Å². The van der Waals surface area contributed by atoms with E-state index < -0.39 is 66.5 Å². The predicted octanol–water partition coefficient (Wildman–Crippen LogP) is 15.6. The molecule has 4 aromatic heterocycles. The standard InChI is InChI=1S/C57H34N4OS/c1-4-14-35(15-5-1)38-27-31-48-46(32-38)42-20-10-11-23-47(42)61(48)40-28-30-43-50(34-40)62-49-24-12-22-45(53(43)49)57-59-55(37-18-8-3-9-19-37)58-56(60-57)39-26-29-44-52(33-39)63-51-25-13-21-41(54(44)51)36-16-6-2-7-17-36/h1-34H/i4D,10D,11D,12D,14D,15D,20D,22D,23D,24D,27D,28D,31D,32D. The van der Waals surface area contributed by atoms with Gasteiger partial charge < -0.3 is 8.98 Å². The zero-order valence-electron chi connectivity index (χ0n) is 46.7. The number of hydrogen-bond acceptors (Lipinski definition) is 5. The zero-order chi connectivity index (χ0) is 53.6. The SMILES string of the molecule is [2H]c1cc2c(cc1-n1c3c([2H])c([2H])c([2H])c([2H])c3c3c([2H])c(-c4c([2H])ccc([2H])c4[2H])c([2H])c([2H])c31)oc1c([2H])c([2H])c([2H])c(-c3nc(-c4ccccc4)nc(-c4ccc5c(c4)sc4cccc(-c6ccccc6)c45)n3)c12. The highest BCUT2D eigenvalue weighted by atomic mass is 32.1. The van der Waals surface area contributed by atoms with Gasteiger partial charge in [0.1, 0.15) is 11.2 Å². The van der Waals surface area contributed by atoms with Crippen LogP contribution in [0.3, 0.4) is 0 Å². The number of para-hydroxylation sites is 1. The Kier molecular flexibility index (Phi) is 5.48. The van der Waals surface area contributed by atoms with E-state index in [0.717, 1.165) is 31.3 Å². The summed E-state index contributed by atoms with van der Waals surface area (Å²) >= 11 is 1.63. The Bertz CT molecular complexity index is 4750. The minimum Gasteiger partial charge on any atom is -0.456 e. The van der Waals surface area contributed by atoms with Crippen LogP contribution in [0, 0.1) is 0 Å². The maximum atomic E-state index is 9.68. The number of furan rings is 1. The van der Waals surface area contributed by atoms with Gasteiger partial charge in [0.15, 0.2) is 17.5 Å². The lowest BCUT2D eigenvalue weighted by atomic mass is 9.99. The number of nitrogens with zero attached hydrogens (tertiary/aromatic N) is 4. The first-order valence-electron chi connectivity index (χ1n) is 26.9. The summed E-state index contributed by atoms with van der Waals surface area (Å²) in [4.78, 5) is 14.9. The van der Waals surface area contributed by atoms with Crippen molar-refractivity contribution < 1.29 is 23.6 Å². The third-order valence-electron chi connectivity index (χ3n) is 11.2. The minimum absolute atomic E-state index is 0.00883. The molecule has 0 saturated heterocycles. The number of rotatable bonds is 6. The van der Waals surface area contributed by atoms with Gasteiger partial charge in [-0.15, -0.1) is 11.3 Å². The van der Waals surface area contributed by atoms with Crippen molar-refractivity contribution in [3.05, 3.63) is 206 Å². The van der Waals surface area contributed by atoms with Crippen molar-refractivity contribution in [2.24, 2.45) is 0 Å². The van der Waals surface area contributed by atoms with Crippen molar-refractivity contribution in [2.75, 3.05) is 0 Å². The molecule has 6 heteroatoms. The minimum atomic E-state index is -0.655. The Morgan fingerprint density at radius 3 is 2.13 bits per heavy atom. The Hall–Kier alpha value is -8.19. The summed E-state index contributed by atoms with van der Waals surface area (Å²) in [5, 5.41) is 2.08. The van der Waals surface area contributed by atoms with Gasteiger partial charge in [-0.1, -0.05) is 151 Å². The highest BCUT2D eigenvalue weighted by molar-refractivity contribution is 7.26. The smallest absolute Gasteiger partial charge is 0.164 e. The Morgan fingerprint density at radius 2 is 1.24 bits per heavy atom. The number of thiophene rings is 1. The van der Waals surface area contributed by atoms with Crippen LogP contribution >= 0.6 is 11.3 Å². The third kappa shape index (κ3) is 5.80. The summed E-state index contributed by atoms with van der Waals surface area (Å²) in [6.07, 6.45) is 0. The molecule has 13 aromatic rings. The maximum Gasteiger partial charge on any atom is 0.164 e. The van der Waals surface area contributed by atoms with E-state index in [2.05, 4.69) is 24.3 Å². The molecular weight excluding hydrogens is 789 g/mol. The molecule has 0 bridgehead atoms. The molecule has 0 aliphatic rings. The van der Waals surface area contributed by atoms with E-state index in [1.807, 2.05) is 72.8 Å². The Balaban J connectivity index is 1.06. The summed E-state index contributed by atoms with van der Waals surface area (Å²) in [6, 6.07) is 30.0. The molecule has 0 radical (unpaired) electrons. The quantitative estimate of drug-likeness (QED) is 0.167. The van der Waals surface area contributed by atoms with Crippen LogP contribution in [0.5, 0.6) is 0 Å². The fourth-order valence-electron chi connectivity index (χ4n) is 8.36. The fourth-order valence-corrected chi connectivity index (χ4v) is 9.53. The van der Waals surface area contributed by atoms with Crippen LogP contribution in [0.2, 0.25) is 0 Å². The summed E-state index contributed by atoms with van der Waals surface area (Å²) in [7, 11) is 0. The highest BCUT2D eigenvalue weighted by Crippen LogP contribution is 2.43. The fraction of sp³-hybridized carbons (Fsp3) is 0. The monoisotopic (exact) mass is 836 g/mol. The largest absolute Gasteiger partial charge is 0.456 e. The average molecular weight is 837 g/mol. The van der Waals surface area contributed by atoms with Gasteiger partial charge in [-0.2, -0.15) is 0 Å². The first kappa shape index (κ1) is 24.3. The van der Waals surface area contributed by atoms with Crippen molar-refractivity contribution in [1.29, 1.82) is 0 Å². The van der Waals surface area contributed by atoms with Gasteiger partial charge in [0, 0.05) is 70.2 Å². The molecule has 0 aliphatic carbocycles. The second-order valence-corrected chi connectivity index (χ2v) is 15.9. The van der Waals surface area contributed by atoms with Crippen LogP contribution in [-0.2, 0) is 0 Å². The van der Waals surface area contributed by atoms with Crippen LogP contribution in [-0.4, -0.2) is 19.5 Å². The molecular formula is C57H34N4OS. The van der Waals surface area contributed by atoms with Crippen LogP contribution < -0.4 is 0 Å². The van der Waals surface area contributed by atoms with Gasteiger partial charge in [-0.25, -0.2) is 15.0 Å². The van der Waals surface area contributed by atoms with Crippen LogP contribution in [0.1, 0.15) is 19.2 Å². The molecule has 0 unspecified atom stereocenters. The highest BCUT2D eigenvalue weighted by Gasteiger charge is 2.21. The second-order valence-electron chi connectivity index (χ2n) is 14.8. The molecule has 0 N–H and O–H groups in total. The molecule has 63 heavy (non-hydrogen) atoms. The van der Waals surface area contributed by atoms with E-state index in [1.54, 1.807) is 11.3 Å². The Morgan fingerprint density at radius 1 is 0.429 bits per heavy atom. The molecule has 0 fully saturated rings. The first-order chi connectivity index (χ1) is 37.0. The van der Waals surface area contributed by atoms with Crippen LogP contribution in [0.25, 0.3) is 126 Å². The van der Waals surface area contributed by atoms with Gasteiger partial charge in [-0.3, -0.25) is 0 Å². The number of hydrogen-bond donors (Lipinski definition) is 0. The van der Waals surface area contributed by atoms with Crippen molar-refractivity contribution in [1.82, 2.24) is 19.5 Å². The van der Waals surface area contributed by atoms with Crippen molar-refractivity contribution in [2.45, 2.75) is 0 Å². The van der Waals surface area contributed by atoms with Gasteiger partial charge in [0.2, 0.25) is 0 Å². The van der Waals surface area contributed by atoms with Gasteiger partial charge in [0.25, 0.3) is 0 Å². The molecule has 0 aliphatic heterocycles. The lowest BCUT2D eigenvalue weighted by Gasteiger charge is -2.10. The predicted molar refractivity (Wildman–Crippen MR) is 262 cm³/mol. The first-order valence-corrected chi connectivity index (χ1v) is 20.8. The van der Waals surface area contributed by atoms with Crippen LogP contribution in [0.15, 0.2) is 210 Å². The molecule has 5 nitrogen and oxygen atoms in total. The van der Waals surface area contributed by atoms with Crippen molar-refractivity contribution in [3.8, 4) is 62.1 Å². The van der Waals surface area contributed by atoms with E-state index in [4.69, 9.17) is 30.3 Å². The van der Waals surface area contributed by atoms with Crippen molar-refractivity contribution >= 4 is 75.3 Å². The molecule has 0 amide bonds. The molecule has 294 valence electrons. The summed E-state index contributed by atoms with van der Waals surface area (Å²) < 4.78 is 137. The number of benzene rings is 9. The molecule has 0 spiro atoms. The molecule has 0 atom stereocenters. The molecule has 4 heterocycles. The van der Waals surface area contributed by atoms with E-state index >= 15 is 0 Å². The van der Waals surface area contributed by atoms with Gasteiger partial charge in [-0.05, 0) is 70.7 Å². The van der Waals surface area contributed by atoms with Gasteiger partial charge in [0.05, 0.1) is 30.2 Å². The summed E-state index contributed by atoms with van der Waals surface area (Å²) in [6.45, 7) is 0. The van der Waals surface area contributed by atoms with E-state index in [1.165, 1.54) is 28.8 Å². The average Bonchev–Trinajstić information content (AvgIpc) is 4.22. The second kappa shape index (κ2) is 14.2. The number of aromatic nitrogens is 4.